The molecule has 2 heterocycles. The van der Waals surface area contributed by atoms with Crippen LogP contribution in [0.25, 0.3) is 0 Å². The van der Waals surface area contributed by atoms with Gasteiger partial charge in [0.05, 0.1) is 10.9 Å². The second-order valence-electron chi connectivity index (χ2n) is 4.27. The lowest BCUT2D eigenvalue weighted by molar-refractivity contribution is -0.185. The minimum atomic E-state index is -4.47. The van der Waals surface area contributed by atoms with Crippen LogP contribution in [0.2, 0.25) is 0 Å². The highest BCUT2D eigenvalue weighted by molar-refractivity contribution is 7.99. The number of hydrogen-bond donors (Lipinski definition) is 1. The fourth-order valence-corrected chi connectivity index (χ4v) is 4.06. The number of rotatable bonds is 2. The average molecular weight is 282 g/mol. The summed E-state index contributed by atoms with van der Waals surface area (Å²) in [6.45, 7) is 0.966. The van der Waals surface area contributed by atoms with Crippen molar-refractivity contribution in [3.8, 4) is 0 Å². The Morgan fingerprint density at radius 2 is 2.18 bits per heavy atom. The molecule has 17 heavy (non-hydrogen) atoms. The Labute approximate surface area is 106 Å². The summed E-state index contributed by atoms with van der Waals surface area (Å²) in [6, 6.07) is 0. The number of thioether (sulfide) groups is 1. The summed E-state index contributed by atoms with van der Waals surface area (Å²) in [7, 11) is 0. The normalized spacial score (nSPS) is 24.9. The molecule has 7 heteroatoms. The lowest BCUT2D eigenvalue weighted by atomic mass is 10.00. The van der Waals surface area contributed by atoms with E-state index in [1.807, 2.05) is 0 Å². The molecule has 1 saturated heterocycles. The first-order chi connectivity index (χ1) is 7.82. The van der Waals surface area contributed by atoms with Crippen LogP contribution >= 0.6 is 23.1 Å². The van der Waals surface area contributed by atoms with Crippen molar-refractivity contribution >= 4 is 23.1 Å². The number of halogens is 3. The molecule has 1 aliphatic heterocycles. The van der Waals surface area contributed by atoms with Crippen molar-refractivity contribution in [3.63, 3.8) is 0 Å². The van der Waals surface area contributed by atoms with E-state index >= 15 is 0 Å². The Bertz CT molecular complexity index is 395. The van der Waals surface area contributed by atoms with Crippen LogP contribution < -0.4 is 5.73 Å². The van der Waals surface area contributed by atoms with E-state index in [4.69, 9.17) is 5.73 Å². The highest BCUT2D eigenvalue weighted by Gasteiger charge is 2.51. The summed E-state index contributed by atoms with van der Waals surface area (Å²) < 4.78 is 38.2. The van der Waals surface area contributed by atoms with Gasteiger partial charge in [0.25, 0.3) is 0 Å². The summed E-state index contributed by atoms with van der Waals surface area (Å²) >= 11 is 3.03. The SMILES string of the molecule is CC(N)(c1csc(C2CCCS2)n1)C(F)(F)F. The van der Waals surface area contributed by atoms with E-state index in [1.54, 1.807) is 11.8 Å². The van der Waals surface area contributed by atoms with E-state index in [0.29, 0.717) is 0 Å². The van der Waals surface area contributed by atoms with Crippen molar-refractivity contribution in [2.45, 2.75) is 36.7 Å². The fourth-order valence-electron chi connectivity index (χ4n) is 1.59. The second kappa shape index (κ2) is 4.44. The molecule has 2 rings (SSSR count). The minimum absolute atomic E-state index is 0.0718. The molecule has 0 bridgehead atoms. The first kappa shape index (κ1) is 13.2. The molecule has 1 fully saturated rings. The predicted octanol–water partition coefficient (Wildman–Crippen LogP) is 3.45. The minimum Gasteiger partial charge on any atom is -0.313 e. The maximum atomic E-state index is 12.7. The number of aromatic nitrogens is 1. The second-order valence-corrected chi connectivity index (χ2v) is 6.47. The molecule has 0 radical (unpaired) electrons. The third kappa shape index (κ3) is 2.46. The van der Waals surface area contributed by atoms with E-state index in [0.717, 1.165) is 30.5 Å². The predicted molar refractivity (Wildman–Crippen MR) is 64.1 cm³/mol. The molecule has 2 N–H and O–H groups in total. The van der Waals surface area contributed by atoms with Gasteiger partial charge in [0, 0.05) is 5.38 Å². The molecule has 1 aliphatic rings. The maximum absolute atomic E-state index is 12.7. The van der Waals surface area contributed by atoms with Crippen molar-refractivity contribution in [1.29, 1.82) is 0 Å². The standard InChI is InChI=1S/C10H13F3N2S2/c1-9(14,10(11,12)13)7-5-17-8(15-7)6-3-2-4-16-6/h5-6H,2-4,14H2,1H3. The summed E-state index contributed by atoms with van der Waals surface area (Å²) in [5.74, 6) is 1.05. The van der Waals surface area contributed by atoms with Crippen molar-refractivity contribution in [1.82, 2.24) is 4.98 Å². The van der Waals surface area contributed by atoms with Gasteiger partial charge in [0.2, 0.25) is 0 Å². The monoisotopic (exact) mass is 282 g/mol. The van der Waals surface area contributed by atoms with Gasteiger partial charge in [-0.2, -0.15) is 24.9 Å². The molecular weight excluding hydrogens is 269 g/mol. The van der Waals surface area contributed by atoms with Crippen molar-refractivity contribution in [2.24, 2.45) is 5.73 Å². The smallest absolute Gasteiger partial charge is 0.313 e. The van der Waals surface area contributed by atoms with Gasteiger partial charge >= 0.3 is 6.18 Å². The van der Waals surface area contributed by atoms with Crippen molar-refractivity contribution < 1.29 is 13.2 Å². The van der Waals surface area contributed by atoms with Crippen LogP contribution in [0.1, 0.15) is 35.7 Å². The van der Waals surface area contributed by atoms with Crippen LogP contribution in [0, 0.1) is 0 Å². The lowest BCUT2D eigenvalue weighted by Crippen LogP contribution is -2.48. The zero-order valence-electron chi connectivity index (χ0n) is 9.25. The Kier molecular flexibility index (Phi) is 3.44. The molecule has 2 atom stereocenters. The molecule has 2 nitrogen and oxygen atoms in total. The zero-order valence-corrected chi connectivity index (χ0v) is 10.9. The van der Waals surface area contributed by atoms with E-state index in [-0.39, 0.29) is 10.9 Å². The van der Waals surface area contributed by atoms with Gasteiger partial charge in [-0.05, 0) is 25.5 Å². The zero-order chi connectivity index (χ0) is 12.7. The molecule has 0 aromatic carbocycles. The third-order valence-corrected chi connectivity index (χ3v) is 5.34. The summed E-state index contributed by atoms with van der Waals surface area (Å²) in [4.78, 5) is 4.08. The van der Waals surface area contributed by atoms with Gasteiger partial charge in [-0.25, -0.2) is 4.98 Å². The van der Waals surface area contributed by atoms with Crippen LogP contribution in [0.5, 0.6) is 0 Å². The Hall–Kier alpha value is -0.270. The van der Waals surface area contributed by atoms with Crippen LogP contribution in [0.4, 0.5) is 13.2 Å². The Balaban J connectivity index is 2.23. The summed E-state index contributed by atoms with van der Waals surface area (Å²) in [5, 5.41) is 2.45. The Morgan fingerprint density at radius 3 is 2.71 bits per heavy atom. The van der Waals surface area contributed by atoms with Crippen molar-refractivity contribution in [2.75, 3.05) is 5.75 Å². The van der Waals surface area contributed by atoms with E-state index in [1.165, 1.54) is 16.7 Å². The summed E-state index contributed by atoms with van der Waals surface area (Å²) in [6.07, 6.45) is -2.38. The molecule has 0 aliphatic carbocycles. The first-order valence-corrected chi connectivity index (χ1v) is 7.18. The quantitative estimate of drug-likeness (QED) is 0.903. The molecule has 1 aromatic rings. The molecule has 1 aromatic heterocycles. The van der Waals surface area contributed by atoms with Crippen LogP contribution in [-0.4, -0.2) is 16.9 Å². The van der Waals surface area contributed by atoms with Gasteiger partial charge in [-0.15, -0.1) is 11.3 Å². The molecule has 96 valence electrons. The topological polar surface area (TPSA) is 38.9 Å². The number of hydrogen-bond acceptors (Lipinski definition) is 4. The highest BCUT2D eigenvalue weighted by atomic mass is 32.2. The van der Waals surface area contributed by atoms with Crippen LogP contribution in [0.15, 0.2) is 5.38 Å². The third-order valence-electron chi connectivity index (χ3n) is 2.85. The maximum Gasteiger partial charge on any atom is 0.411 e. The number of thiazole rings is 1. The lowest BCUT2D eigenvalue weighted by Gasteiger charge is -2.25. The Morgan fingerprint density at radius 1 is 1.47 bits per heavy atom. The number of nitrogens with two attached hydrogens (primary N) is 1. The number of alkyl halides is 3. The van der Waals surface area contributed by atoms with E-state index < -0.39 is 11.7 Å². The van der Waals surface area contributed by atoms with E-state index in [2.05, 4.69) is 4.98 Å². The molecular formula is C10H13F3N2S2. The van der Waals surface area contributed by atoms with Gasteiger partial charge in [0.1, 0.15) is 5.01 Å². The van der Waals surface area contributed by atoms with Gasteiger partial charge in [-0.3, -0.25) is 0 Å². The van der Waals surface area contributed by atoms with Gasteiger partial charge < -0.3 is 5.73 Å². The van der Waals surface area contributed by atoms with Gasteiger partial charge in [-0.1, -0.05) is 0 Å². The largest absolute Gasteiger partial charge is 0.411 e. The molecule has 2 unspecified atom stereocenters. The summed E-state index contributed by atoms with van der Waals surface area (Å²) in [5.41, 5.74) is 2.91. The highest BCUT2D eigenvalue weighted by Crippen LogP contribution is 2.43. The first-order valence-electron chi connectivity index (χ1n) is 5.25. The van der Waals surface area contributed by atoms with Crippen LogP contribution in [0.3, 0.4) is 0 Å². The number of nitrogens with zero attached hydrogens (tertiary/aromatic N) is 1. The fraction of sp³-hybridized carbons (Fsp3) is 0.700. The molecule has 0 amide bonds. The van der Waals surface area contributed by atoms with E-state index in [9.17, 15) is 13.2 Å². The average Bonchev–Trinajstić information content (AvgIpc) is 2.87. The van der Waals surface area contributed by atoms with Crippen molar-refractivity contribution in [3.05, 3.63) is 16.1 Å². The molecule has 0 spiro atoms. The molecule has 0 saturated carbocycles. The van der Waals surface area contributed by atoms with Crippen LogP contribution in [-0.2, 0) is 5.54 Å². The van der Waals surface area contributed by atoms with Gasteiger partial charge in [0.15, 0.2) is 5.54 Å².